The molecule has 3 rings (SSSR count). The Bertz CT molecular complexity index is 1040. The number of carbonyl (C=O) groups is 1. The summed E-state index contributed by atoms with van der Waals surface area (Å²) in [6.07, 6.45) is 1.01. The average Bonchev–Trinajstić information content (AvgIpc) is 2.84. The maximum absolute atomic E-state index is 13.4. The second-order valence-electron chi connectivity index (χ2n) is 9.70. The summed E-state index contributed by atoms with van der Waals surface area (Å²) in [6, 6.07) is 15.0. The van der Waals surface area contributed by atoms with Crippen molar-refractivity contribution in [2.75, 3.05) is 31.9 Å². The first-order valence-corrected chi connectivity index (χ1v) is 13.7. The molecule has 35 heavy (non-hydrogen) atoms. The Morgan fingerprint density at radius 1 is 1.14 bits per heavy atom. The molecule has 1 amide bonds. The molecule has 1 saturated heterocycles. The van der Waals surface area contributed by atoms with Gasteiger partial charge in [-0.05, 0) is 61.6 Å². The van der Waals surface area contributed by atoms with Gasteiger partial charge in [-0.1, -0.05) is 44.2 Å². The summed E-state index contributed by atoms with van der Waals surface area (Å²) >= 11 is 0. The Morgan fingerprint density at radius 2 is 1.83 bits per heavy atom. The highest BCUT2D eigenvalue weighted by atomic mass is 32.2. The minimum Gasteiger partial charge on any atom is -0.399 e. The smallest absolute Gasteiger partial charge is 0.243 e. The van der Waals surface area contributed by atoms with Gasteiger partial charge in [-0.2, -0.15) is 4.31 Å². The van der Waals surface area contributed by atoms with Crippen LogP contribution >= 0.6 is 0 Å². The molecule has 0 radical (unpaired) electrons. The predicted molar refractivity (Wildman–Crippen MR) is 138 cm³/mol. The van der Waals surface area contributed by atoms with Gasteiger partial charge in [0.25, 0.3) is 0 Å². The van der Waals surface area contributed by atoms with Gasteiger partial charge < -0.3 is 21.5 Å². The van der Waals surface area contributed by atoms with Crippen LogP contribution < -0.4 is 16.4 Å². The number of benzene rings is 2. The monoisotopic (exact) mass is 502 g/mol. The van der Waals surface area contributed by atoms with E-state index in [1.807, 2.05) is 44.2 Å². The van der Waals surface area contributed by atoms with E-state index in [0.717, 1.165) is 24.9 Å². The second-order valence-corrected chi connectivity index (χ2v) is 11.6. The molecular formula is C26H38N4O4S. The molecule has 8 nitrogen and oxygen atoms in total. The predicted octanol–water partition coefficient (Wildman–Crippen LogP) is 2.00. The summed E-state index contributed by atoms with van der Waals surface area (Å²) in [5, 5.41) is 17.6. The first kappa shape index (κ1) is 27.1. The Labute approximate surface area is 209 Å². The van der Waals surface area contributed by atoms with Crippen LogP contribution in [0.1, 0.15) is 32.3 Å². The second kappa shape index (κ2) is 12.5. The summed E-state index contributed by atoms with van der Waals surface area (Å²) in [5.74, 6) is -0.241. The molecule has 0 aliphatic carbocycles. The Hall–Kier alpha value is -2.46. The number of rotatable bonds is 11. The van der Waals surface area contributed by atoms with E-state index < -0.39 is 22.2 Å². The summed E-state index contributed by atoms with van der Waals surface area (Å²) in [6.45, 7) is 5.46. The molecule has 0 aromatic heterocycles. The maximum Gasteiger partial charge on any atom is 0.243 e. The minimum atomic E-state index is -3.87. The van der Waals surface area contributed by atoms with Gasteiger partial charge in [0.2, 0.25) is 15.9 Å². The fourth-order valence-electron chi connectivity index (χ4n) is 4.33. The Kier molecular flexibility index (Phi) is 9.68. The Balaban J connectivity index is 1.82. The van der Waals surface area contributed by atoms with Crippen molar-refractivity contribution in [3.8, 4) is 0 Å². The van der Waals surface area contributed by atoms with E-state index in [-0.39, 0.29) is 35.7 Å². The zero-order valence-corrected chi connectivity index (χ0v) is 21.4. The molecule has 1 heterocycles. The number of nitrogens with zero attached hydrogens (tertiary/aromatic N) is 1. The summed E-state index contributed by atoms with van der Waals surface area (Å²) in [4.78, 5) is 13.1. The number of aliphatic hydroxyl groups excluding tert-OH is 1. The quantitative estimate of drug-likeness (QED) is 0.349. The van der Waals surface area contributed by atoms with Crippen molar-refractivity contribution < 1.29 is 18.3 Å². The van der Waals surface area contributed by atoms with E-state index in [9.17, 15) is 18.3 Å². The van der Waals surface area contributed by atoms with Crippen LogP contribution in [-0.4, -0.2) is 62.1 Å². The number of piperidine rings is 1. The molecule has 1 aliphatic heterocycles. The fraction of sp³-hybridized carbons (Fsp3) is 0.500. The van der Waals surface area contributed by atoms with Crippen LogP contribution in [-0.2, 0) is 21.2 Å². The van der Waals surface area contributed by atoms with Crippen LogP contribution in [0.15, 0.2) is 59.5 Å². The highest BCUT2D eigenvalue weighted by molar-refractivity contribution is 7.89. The topological polar surface area (TPSA) is 125 Å². The highest BCUT2D eigenvalue weighted by Gasteiger charge is 2.32. The van der Waals surface area contributed by atoms with Gasteiger partial charge >= 0.3 is 0 Å². The molecule has 192 valence electrons. The van der Waals surface area contributed by atoms with Crippen molar-refractivity contribution >= 4 is 21.6 Å². The van der Waals surface area contributed by atoms with Crippen molar-refractivity contribution in [3.63, 3.8) is 0 Å². The average molecular weight is 503 g/mol. The van der Waals surface area contributed by atoms with E-state index in [0.29, 0.717) is 18.7 Å². The number of sulfonamides is 1. The largest absolute Gasteiger partial charge is 0.399 e. The van der Waals surface area contributed by atoms with E-state index in [2.05, 4.69) is 10.6 Å². The van der Waals surface area contributed by atoms with Gasteiger partial charge in [0.05, 0.1) is 23.0 Å². The zero-order valence-electron chi connectivity index (χ0n) is 20.6. The van der Waals surface area contributed by atoms with Crippen LogP contribution in [0.5, 0.6) is 0 Å². The fourth-order valence-corrected chi connectivity index (χ4v) is 5.95. The van der Waals surface area contributed by atoms with Crippen LogP contribution in [0.25, 0.3) is 0 Å². The molecule has 2 aromatic rings. The molecule has 2 aromatic carbocycles. The molecule has 1 aliphatic rings. The number of carbonyl (C=O) groups excluding carboxylic acids is 1. The number of hydrogen-bond donors (Lipinski definition) is 4. The highest BCUT2D eigenvalue weighted by Crippen LogP contribution is 2.20. The number of aliphatic hydroxyl groups is 1. The molecule has 1 fully saturated rings. The van der Waals surface area contributed by atoms with E-state index >= 15 is 0 Å². The lowest BCUT2D eigenvalue weighted by Crippen LogP contribution is -2.53. The number of hydrogen-bond acceptors (Lipinski definition) is 6. The van der Waals surface area contributed by atoms with Gasteiger partial charge in [0.15, 0.2) is 0 Å². The minimum absolute atomic E-state index is 0.0428. The van der Waals surface area contributed by atoms with Crippen molar-refractivity contribution in [1.82, 2.24) is 14.9 Å². The molecule has 0 bridgehead atoms. The van der Waals surface area contributed by atoms with Crippen LogP contribution in [0.4, 0.5) is 5.69 Å². The number of nitrogens with one attached hydrogen (secondary N) is 2. The molecule has 5 N–H and O–H groups in total. The van der Waals surface area contributed by atoms with E-state index in [4.69, 9.17) is 5.73 Å². The third kappa shape index (κ3) is 7.76. The lowest BCUT2D eigenvalue weighted by Gasteiger charge is -2.32. The van der Waals surface area contributed by atoms with E-state index in [1.165, 1.54) is 16.4 Å². The van der Waals surface area contributed by atoms with Crippen molar-refractivity contribution in [2.24, 2.45) is 11.8 Å². The van der Waals surface area contributed by atoms with Crippen molar-refractivity contribution in [2.45, 2.75) is 50.2 Å². The van der Waals surface area contributed by atoms with Crippen LogP contribution in [0, 0.1) is 11.8 Å². The molecule has 0 unspecified atom stereocenters. The van der Waals surface area contributed by atoms with Crippen molar-refractivity contribution in [3.05, 3.63) is 60.2 Å². The SMILES string of the molecule is CC(C)CN(C[C@@H](O)[C@H](Cc1ccccc1)NC(=O)[C@H]1CCCNC1)S(=O)(=O)c1ccc(N)cc1. The number of nitrogens with two attached hydrogens (primary N) is 1. The first-order chi connectivity index (χ1) is 16.7. The summed E-state index contributed by atoms with van der Waals surface area (Å²) < 4.78 is 28.2. The van der Waals surface area contributed by atoms with E-state index in [1.54, 1.807) is 12.1 Å². The van der Waals surface area contributed by atoms with Crippen molar-refractivity contribution in [1.29, 1.82) is 0 Å². The zero-order chi connectivity index (χ0) is 25.4. The van der Waals surface area contributed by atoms with Gasteiger partial charge in [-0.3, -0.25) is 4.79 Å². The van der Waals surface area contributed by atoms with Gasteiger partial charge in [0, 0.05) is 25.3 Å². The first-order valence-electron chi connectivity index (χ1n) is 12.3. The van der Waals surface area contributed by atoms with Crippen LogP contribution in [0.3, 0.4) is 0 Å². The summed E-state index contributed by atoms with van der Waals surface area (Å²) in [7, 11) is -3.87. The molecule has 3 atom stereocenters. The van der Waals surface area contributed by atoms with Crippen LogP contribution in [0.2, 0.25) is 0 Å². The number of nitrogen functional groups attached to an aromatic ring is 1. The lowest BCUT2D eigenvalue weighted by atomic mass is 9.96. The molecule has 0 spiro atoms. The number of amides is 1. The molecular weight excluding hydrogens is 464 g/mol. The maximum atomic E-state index is 13.4. The molecule has 0 saturated carbocycles. The molecule has 9 heteroatoms. The van der Waals surface area contributed by atoms with Gasteiger partial charge in [-0.25, -0.2) is 8.42 Å². The standard InChI is InChI=1S/C26H38N4O4S/c1-19(2)17-30(35(33,34)23-12-10-22(27)11-13-23)18-25(31)24(15-20-7-4-3-5-8-20)29-26(32)21-9-6-14-28-16-21/h3-5,7-8,10-13,19,21,24-25,28,31H,6,9,14-18,27H2,1-2H3,(H,29,32)/t21-,24-,25+/m0/s1. The number of anilines is 1. The third-order valence-corrected chi connectivity index (χ3v) is 8.08. The van der Waals surface area contributed by atoms with Gasteiger partial charge in [0.1, 0.15) is 0 Å². The van der Waals surface area contributed by atoms with Gasteiger partial charge in [-0.15, -0.1) is 0 Å². The normalized spacial score (nSPS) is 18.4. The Morgan fingerprint density at radius 3 is 2.43 bits per heavy atom. The summed E-state index contributed by atoms with van der Waals surface area (Å²) in [5.41, 5.74) is 7.16. The third-order valence-electron chi connectivity index (χ3n) is 6.24. The lowest BCUT2D eigenvalue weighted by molar-refractivity contribution is -0.127.